The predicted molar refractivity (Wildman–Crippen MR) is 77.5 cm³/mol. The van der Waals surface area contributed by atoms with Gasteiger partial charge in [0.2, 0.25) is 5.91 Å². The fraction of sp³-hybridized carbons (Fsp3) is 0.533. The van der Waals surface area contributed by atoms with E-state index in [9.17, 15) is 4.79 Å². The molecule has 0 aliphatic carbocycles. The Morgan fingerprint density at radius 2 is 2.37 bits per heavy atom. The topological polar surface area (TPSA) is 44.4 Å². The fourth-order valence-corrected chi connectivity index (χ4v) is 2.93. The van der Waals surface area contributed by atoms with Gasteiger partial charge < -0.3 is 15.5 Å². The van der Waals surface area contributed by atoms with E-state index in [1.807, 2.05) is 6.07 Å². The number of rotatable bonds is 2. The first-order valence-electron chi connectivity index (χ1n) is 7.08. The van der Waals surface area contributed by atoms with Crippen LogP contribution in [0.2, 0.25) is 0 Å². The summed E-state index contributed by atoms with van der Waals surface area (Å²) in [7, 11) is 2.07. The van der Waals surface area contributed by atoms with Crippen molar-refractivity contribution in [2.75, 3.05) is 37.3 Å². The Hall–Kier alpha value is -1.55. The Bertz CT molecular complexity index is 486. The van der Waals surface area contributed by atoms with Crippen LogP contribution in [0.1, 0.15) is 18.4 Å². The molecule has 4 heteroatoms. The van der Waals surface area contributed by atoms with Crippen molar-refractivity contribution in [3.63, 3.8) is 0 Å². The van der Waals surface area contributed by atoms with Gasteiger partial charge in [0, 0.05) is 24.5 Å². The third kappa shape index (κ3) is 2.73. The molecule has 1 fully saturated rings. The maximum atomic E-state index is 12.2. The number of carbonyl (C=O) groups is 1. The Morgan fingerprint density at radius 3 is 3.16 bits per heavy atom. The average molecular weight is 259 g/mol. The molecule has 0 saturated carbocycles. The number of benzene rings is 1. The molecule has 1 amide bonds. The van der Waals surface area contributed by atoms with Gasteiger partial charge in [-0.15, -0.1) is 0 Å². The van der Waals surface area contributed by atoms with E-state index >= 15 is 0 Å². The first-order valence-corrected chi connectivity index (χ1v) is 7.08. The van der Waals surface area contributed by atoms with Crippen LogP contribution < -0.4 is 10.6 Å². The van der Waals surface area contributed by atoms with Crippen LogP contribution in [0.4, 0.5) is 11.4 Å². The zero-order valence-corrected chi connectivity index (χ0v) is 11.4. The van der Waals surface area contributed by atoms with E-state index < -0.39 is 0 Å². The molecule has 1 unspecified atom stereocenters. The molecule has 2 aliphatic heterocycles. The minimum atomic E-state index is 0.133. The van der Waals surface area contributed by atoms with Gasteiger partial charge in [-0.25, -0.2) is 0 Å². The van der Waals surface area contributed by atoms with Gasteiger partial charge in [-0.1, -0.05) is 6.07 Å². The van der Waals surface area contributed by atoms with Gasteiger partial charge in [-0.2, -0.15) is 0 Å². The number of anilines is 2. The average Bonchev–Trinajstić information content (AvgIpc) is 2.85. The molecule has 1 aromatic rings. The van der Waals surface area contributed by atoms with E-state index in [-0.39, 0.29) is 11.8 Å². The Morgan fingerprint density at radius 1 is 1.47 bits per heavy atom. The minimum absolute atomic E-state index is 0.133. The molecule has 102 valence electrons. The van der Waals surface area contributed by atoms with Crippen molar-refractivity contribution in [3.8, 4) is 0 Å². The Kier molecular flexibility index (Phi) is 3.42. The van der Waals surface area contributed by atoms with Crippen molar-refractivity contribution < 1.29 is 4.79 Å². The molecule has 1 atom stereocenters. The highest BCUT2D eigenvalue weighted by Gasteiger charge is 2.26. The molecule has 1 aromatic carbocycles. The number of nitrogens with one attached hydrogen (secondary N) is 2. The summed E-state index contributed by atoms with van der Waals surface area (Å²) in [5, 5.41) is 6.44. The number of nitrogens with zero attached hydrogens (tertiary/aromatic N) is 1. The molecule has 0 spiro atoms. The molecule has 19 heavy (non-hydrogen) atoms. The van der Waals surface area contributed by atoms with Gasteiger partial charge in [0.25, 0.3) is 0 Å². The SMILES string of the molecule is CN1CCC(C(=O)Nc2ccc3c(c2)NCCC3)C1. The summed E-state index contributed by atoms with van der Waals surface area (Å²) in [6, 6.07) is 6.20. The number of likely N-dealkylation sites (tertiary alicyclic amines) is 1. The third-order valence-electron chi connectivity index (χ3n) is 4.08. The zero-order valence-electron chi connectivity index (χ0n) is 11.4. The van der Waals surface area contributed by atoms with Crippen LogP contribution in [-0.4, -0.2) is 37.5 Å². The molecule has 4 nitrogen and oxygen atoms in total. The van der Waals surface area contributed by atoms with Gasteiger partial charge in [-0.05, 0) is 50.6 Å². The Balaban J connectivity index is 1.68. The van der Waals surface area contributed by atoms with Crippen LogP contribution >= 0.6 is 0 Å². The van der Waals surface area contributed by atoms with Gasteiger partial charge in [0.15, 0.2) is 0 Å². The van der Waals surface area contributed by atoms with E-state index in [1.165, 1.54) is 17.7 Å². The lowest BCUT2D eigenvalue weighted by molar-refractivity contribution is -0.119. The summed E-state index contributed by atoms with van der Waals surface area (Å²) in [6.45, 7) is 2.91. The number of carbonyl (C=O) groups excluding carboxylic acids is 1. The molecular weight excluding hydrogens is 238 g/mol. The smallest absolute Gasteiger partial charge is 0.228 e. The van der Waals surface area contributed by atoms with E-state index in [1.54, 1.807) is 0 Å². The van der Waals surface area contributed by atoms with E-state index in [4.69, 9.17) is 0 Å². The standard InChI is InChI=1S/C15H21N3O/c1-18-8-6-12(10-18)15(19)17-13-5-4-11-3-2-7-16-14(11)9-13/h4-5,9,12,16H,2-3,6-8,10H2,1H3,(H,17,19). The zero-order chi connectivity index (χ0) is 13.2. The third-order valence-corrected chi connectivity index (χ3v) is 4.08. The number of amides is 1. The second kappa shape index (κ2) is 5.21. The highest BCUT2D eigenvalue weighted by Crippen LogP contribution is 2.26. The van der Waals surface area contributed by atoms with Crippen LogP contribution in [0.15, 0.2) is 18.2 Å². The molecule has 2 heterocycles. The van der Waals surface area contributed by atoms with Crippen LogP contribution in [0.5, 0.6) is 0 Å². The van der Waals surface area contributed by atoms with Gasteiger partial charge in [0.1, 0.15) is 0 Å². The second-order valence-electron chi connectivity index (χ2n) is 5.64. The molecular formula is C15H21N3O. The quantitative estimate of drug-likeness (QED) is 0.853. The van der Waals surface area contributed by atoms with Crippen molar-refractivity contribution in [3.05, 3.63) is 23.8 Å². The summed E-state index contributed by atoms with van der Waals surface area (Å²) < 4.78 is 0. The van der Waals surface area contributed by atoms with E-state index in [0.29, 0.717) is 0 Å². The van der Waals surface area contributed by atoms with Crippen LogP contribution in [0.25, 0.3) is 0 Å². The lowest BCUT2D eigenvalue weighted by Crippen LogP contribution is -2.25. The largest absolute Gasteiger partial charge is 0.385 e. The lowest BCUT2D eigenvalue weighted by atomic mass is 10.0. The molecule has 2 aliphatic rings. The lowest BCUT2D eigenvalue weighted by Gasteiger charge is -2.19. The second-order valence-corrected chi connectivity index (χ2v) is 5.64. The van der Waals surface area contributed by atoms with Crippen molar-refractivity contribution in [2.45, 2.75) is 19.3 Å². The number of aryl methyl sites for hydroxylation is 1. The molecule has 2 N–H and O–H groups in total. The predicted octanol–water partition coefficient (Wildman–Crippen LogP) is 1.93. The van der Waals surface area contributed by atoms with Crippen LogP contribution in [0.3, 0.4) is 0 Å². The Labute approximate surface area is 114 Å². The number of hydrogen-bond acceptors (Lipinski definition) is 3. The highest BCUT2D eigenvalue weighted by atomic mass is 16.1. The maximum Gasteiger partial charge on any atom is 0.228 e. The first-order chi connectivity index (χ1) is 9.22. The molecule has 0 aromatic heterocycles. The minimum Gasteiger partial charge on any atom is -0.385 e. The summed E-state index contributed by atoms with van der Waals surface area (Å²) in [4.78, 5) is 14.4. The normalized spacial score (nSPS) is 22.7. The maximum absolute atomic E-state index is 12.2. The molecule has 0 bridgehead atoms. The van der Waals surface area contributed by atoms with E-state index in [0.717, 1.165) is 38.2 Å². The highest BCUT2D eigenvalue weighted by molar-refractivity contribution is 5.93. The van der Waals surface area contributed by atoms with Crippen LogP contribution in [-0.2, 0) is 11.2 Å². The van der Waals surface area contributed by atoms with Crippen molar-refractivity contribution >= 4 is 17.3 Å². The van der Waals surface area contributed by atoms with Gasteiger partial charge >= 0.3 is 0 Å². The van der Waals surface area contributed by atoms with Gasteiger partial charge in [-0.3, -0.25) is 4.79 Å². The first kappa shape index (κ1) is 12.5. The number of hydrogen-bond donors (Lipinski definition) is 2. The number of fused-ring (bicyclic) bond motifs is 1. The van der Waals surface area contributed by atoms with Crippen molar-refractivity contribution in [1.82, 2.24) is 4.90 Å². The molecule has 1 saturated heterocycles. The fourth-order valence-electron chi connectivity index (χ4n) is 2.93. The van der Waals surface area contributed by atoms with E-state index in [2.05, 4.69) is 34.7 Å². The summed E-state index contributed by atoms with van der Waals surface area (Å²) >= 11 is 0. The van der Waals surface area contributed by atoms with Crippen LogP contribution in [0, 0.1) is 5.92 Å². The molecule has 3 rings (SSSR count). The summed E-state index contributed by atoms with van der Waals surface area (Å²) in [5.74, 6) is 0.286. The van der Waals surface area contributed by atoms with Gasteiger partial charge in [0.05, 0.1) is 5.92 Å². The monoisotopic (exact) mass is 259 g/mol. The van der Waals surface area contributed by atoms with Crippen molar-refractivity contribution in [2.24, 2.45) is 5.92 Å². The summed E-state index contributed by atoms with van der Waals surface area (Å²) in [6.07, 6.45) is 3.28. The molecule has 0 radical (unpaired) electrons. The van der Waals surface area contributed by atoms with Crippen molar-refractivity contribution in [1.29, 1.82) is 0 Å². The summed E-state index contributed by atoms with van der Waals surface area (Å²) in [5.41, 5.74) is 3.44.